The highest BCUT2D eigenvalue weighted by atomic mass is 16.2. The Bertz CT molecular complexity index is 1110. The van der Waals surface area contributed by atoms with E-state index in [9.17, 15) is 0 Å². The van der Waals surface area contributed by atoms with Gasteiger partial charge < -0.3 is 9.67 Å². The second-order valence-corrected chi connectivity index (χ2v) is 6.87. The standard InChI is InChI=1S/C22H24N4O/c1-3-18-17-8-4-5-9-20(17)26(24-18)15-22-23-19-14-16(2)10-11-21(19)25(22)12-6-7-13-27/h3-5,8-11,14,27H,1,6-7,12-13,15H2,2H3. The Labute approximate surface area is 158 Å². The number of aliphatic hydroxyl groups is 1. The van der Waals surface area contributed by atoms with E-state index in [1.54, 1.807) is 6.08 Å². The first-order valence-corrected chi connectivity index (χ1v) is 9.36. The van der Waals surface area contributed by atoms with Crippen molar-refractivity contribution < 1.29 is 5.11 Å². The molecule has 2 aromatic heterocycles. The second kappa shape index (κ2) is 7.37. The largest absolute Gasteiger partial charge is 0.396 e. The average Bonchev–Trinajstić information content (AvgIpc) is 3.20. The monoisotopic (exact) mass is 360 g/mol. The highest BCUT2D eigenvalue weighted by molar-refractivity contribution is 5.87. The molecule has 0 aliphatic heterocycles. The predicted octanol–water partition coefficient (Wildman–Crippen LogP) is 4.16. The smallest absolute Gasteiger partial charge is 0.131 e. The molecule has 0 atom stereocenters. The highest BCUT2D eigenvalue weighted by Crippen LogP contribution is 2.23. The van der Waals surface area contributed by atoms with Gasteiger partial charge in [-0.15, -0.1) is 0 Å². The van der Waals surface area contributed by atoms with E-state index in [1.165, 1.54) is 5.56 Å². The van der Waals surface area contributed by atoms with Crippen molar-refractivity contribution in [1.29, 1.82) is 0 Å². The van der Waals surface area contributed by atoms with Crippen LogP contribution in [0.4, 0.5) is 0 Å². The number of aromatic nitrogens is 4. The van der Waals surface area contributed by atoms with Gasteiger partial charge >= 0.3 is 0 Å². The summed E-state index contributed by atoms with van der Waals surface area (Å²) >= 11 is 0. The van der Waals surface area contributed by atoms with Crippen molar-refractivity contribution >= 4 is 28.0 Å². The molecule has 27 heavy (non-hydrogen) atoms. The number of hydrogen-bond donors (Lipinski definition) is 1. The number of rotatable bonds is 7. The molecule has 0 aliphatic carbocycles. The first-order chi connectivity index (χ1) is 13.2. The summed E-state index contributed by atoms with van der Waals surface area (Å²) in [5, 5.41) is 15.0. The molecular weight excluding hydrogens is 336 g/mol. The minimum absolute atomic E-state index is 0.216. The minimum Gasteiger partial charge on any atom is -0.396 e. The van der Waals surface area contributed by atoms with Crippen LogP contribution in [0, 0.1) is 6.92 Å². The number of aliphatic hydroxyl groups excluding tert-OH is 1. The first-order valence-electron chi connectivity index (χ1n) is 9.36. The predicted molar refractivity (Wildman–Crippen MR) is 110 cm³/mol. The molecule has 0 radical (unpaired) electrons. The number of fused-ring (bicyclic) bond motifs is 2. The summed E-state index contributed by atoms with van der Waals surface area (Å²) in [6.45, 7) is 7.63. The fourth-order valence-electron chi connectivity index (χ4n) is 3.60. The second-order valence-electron chi connectivity index (χ2n) is 6.87. The zero-order valence-corrected chi connectivity index (χ0v) is 15.6. The van der Waals surface area contributed by atoms with E-state index in [4.69, 9.17) is 15.2 Å². The van der Waals surface area contributed by atoms with Gasteiger partial charge in [0.25, 0.3) is 0 Å². The average molecular weight is 360 g/mol. The molecule has 0 unspecified atom stereocenters. The fourth-order valence-corrected chi connectivity index (χ4v) is 3.60. The van der Waals surface area contributed by atoms with Gasteiger partial charge in [-0.2, -0.15) is 5.10 Å². The Balaban J connectivity index is 1.79. The summed E-state index contributed by atoms with van der Waals surface area (Å²) in [6, 6.07) is 14.6. The molecule has 2 heterocycles. The molecule has 1 N–H and O–H groups in total. The van der Waals surface area contributed by atoms with Crippen LogP contribution in [0.25, 0.3) is 28.0 Å². The highest BCUT2D eigenvalue weighted by Gasteiger charge is 2.14. The summed E-state index contributed by atoms with van der Waals surface area (Å²) in [5.41, 5.74) is 5.32. The third kappa shape index (κ3) is 3.26. The van der Waals surface area contributed by atoms with Crippen LogP contribution in [-0.4, -0.2) is 31.0 Å². The Morgan fingerprint density at radius 2 is 1.96 bits per heavy atom. The molecular formula is C22H24N4O. The fraction of sp³-hybridized carbons (Fsp3) is 0.273. The number of para-hydroxylation sites is 1. The maximum atomic E-state index is 9.15. The van der Waals surface area contributed by atoms with Crippen LogP contribution in [-0.2, 0) is 13.1 Å². The van der Waals surface area contributed by atoms with E-state index in [2.05, 4.69) is 48.4 Å². The molecule has 4 rings (SSSR count). The molecule has 0 spiro atoms. The lowest BCUT2D eigenvalue weighted by Gasteiger charge is -2.10. The third-order valence-corrected chi connectivity index (χ3v) is 4.94. The summed E-state index contributed by atoms with van der Waals surface area (Å²) in [5.74, 6) is 0.984. The summed E-state index contributed by atoms with van der Waals surface area (Å²) < 4.78 is 4.26. The molecule has 0 saturated carbocycles. The van der Waals surface area contributed by atoms with E-state index in [-0.39, 0.29) is 6.61 Å². The summed E-state index contributed by atoms with van der Waals surface area (Å²) in [7, 11) is 0. The van der Waals surface area contributed by atoms with Gasteiger partial charge in [-0.05, 0) is 49.6 Å². The number of unbranched alkanes of at least 4 members (excludes halogenated alkanes) is 1. The van der Waals surface area contributed by atoms with Crippen molar-refractivity contribution in [2.24, 2.45) is 0 Å². The van der Waals surface area contributed by atoms with Crippen molar-refractivity contribution in [2.45, 2.75) is 32.9 Å². The lowest BCUT2D eigenvalue weighted by Crippen LogP contribution is -2.10. The number of aryl methyl sites for hydroxylation is 2. The van der Waals surface area contributed by atoms with Crippen LogP contribution < -0.4 is 0 Å². The Morgan fingerprint density at radius 3 is 2.78 bits per heavy atom. The lowest BCUT2D eigenvalue weighted by atomic mass is 10.2. The van der Waals surface area contributed by atoms with E-state index in [0.717, 1.165) is 52.8 Å². The third-order valence-electron chi connectivity index (χ3n) is 4.94. The van der Waals surface area contributed by atoms with Gasteiger partial charge in [0.1, 0.15) is 5.82 Å². The Morgan fingerprint density at radius 1 is 1.11 bits per heavy atom. The molecule has 5 nitrogen and oxygen atoms in total. The molecule has 138 valence electrons. The maximum absolute atomic E-state index is 9.15. The molecule has 0 saturated heterocycles. The SMILES string of the molecule is C=Cc1nn(Cc2nc3cc(C)ccc3n2CCCCO)c2ccccc12. The van der Waals surface area contributed by atoms with Crippen LogP contribution in [0.1, 0.15) is 29.9 Å². The van der Waals surface area contributed by atoms with E-state index < -0.39 is 0 Å². The summed E-state index contributed by atoms with van der Waals surface area (Å²) in [6.07, 6.45) is 3.50. The molecule has 4 aromatic rings. The Kier molecular flexibility index (Phi) is 4.77. The van der Waals surface area contributed by atoms with Gasteiger partial charge in [0.05, 0.1) is 28.8 Å². The van der Waals surface area contributed by atoms with Gasteiger partial charge in [0.15, 0.2) is 0 Å². The molecule has 0 fully saturated rings. The minimum atomic E-state index is 0.216. The van der Waals surface area contributed by atoms with Gasteiger partial charge in [-0.3, -0.25) is 4.68 Å². The van der Waals surface area contributed by atoms with Crippen molar-refractivity contribution in [3.8, 4) is 0 Å². The van der Waals surface area contributed by atoms with E-state index in [0.29, 0.717) is 6.54 Å². The number of hydrogen-bond acceptors (Lipinski definition) is 3. The van der Waals surface area contributed by atoms with Crippen molar-refractivity contribution in [3.05, 3.63) is 66.1 Å². The Hall–Kier alpha value is -2.92. The van der Waals surface area contributed by atoms with Gasteiger partial charge in [-0.1, -0.05) is 30.8 Å². The van der Waals surface area contributed by atoms with Gasteiger partial charge in [0, 0.05) is 18.5 Å². The first kappa shape index (κ1) is 17.5. The zero-order chi connectivity index (χ0) is 18.8. The summed E-state index contributed by atoms with van der Waals surface area (Å²) in [4.78, 5) is 4.90. The molecule has 2 aromatic carbocycles. The quantitative estimate of drug-likeness (QED) is 0.504. The molecule has 0 aliphatic rings. The van der Waals surface area contributed by atoms with Crippen LogP contribution in [0.2, 0.25) is 0 Å². The van der Waals surface area contributed by atoms with Crippen molar-refractivity contribution in [1.82, 2.24) is 19.3 Å². The molecule has 0 bridgehead atoms. The number of nitrogens with zero attached hydrogens (tertiary/aromatic N) is 4. The van der Waals surface area contributed by atoms with E-state index >= 15 is 0 Å². The normalized spacial score (nSPS) is 11.5. The molecule has 5 heteroatoms. The van der Waals surface area contributed by atoms with Crippen LogP contribution in [0.3, 0.4) is 0 Å². The number of benzene rings is 2. The maximum Gasteiger partial charge on any atom is 0.131 e. The van der Waals surface area contributed by atoms with Crippen LogP contribution >= 0.6 is 0 Å². The topological polar surface area (TPSA) is 55.9 Å². The number of imidazole rings is 1. The van der Waals surface area contributed by atoms with Crippen LogP contribution in [0.15, 0.2) is 49.0 Å². The van der Waals surface area contributed by atoms with Gasteiger partial charge in [0.2, 0.25) is 0 Å². The van der Waals surface area contributed by atoms with Crippen LogP contribution in [0.5, 0.6) is 0 Å². The van der Waals surface area contributed by atoms with E-state index in [1.807, 2.05) is 16.8 Å². The molecule has 0 amide bonds. The zero-order valence-electron chi connectivity index (χ0n) is 15.6. The van der Waals surface area contributed by atoms with Gasteiger partial charge in [-0.25, -0.2) is 4.98 Å². The van der Waals surface area contributed by atoms with Crippen molar-refractivity contribution in [2.75, 3.05) is 6.61 Å². The van der Waals surface area contributed by atoms with Crippen molar-refractivity contribution in [3.63, 3.8) is 0 Å². The lowest BCUT2D eigenvalue weighted by molar-refractivity contribution is 0.281.